The van der Waals surface area contributed by atoms with E-state index >= 15 is 0 Å². The van der Waals surface area contributed by atoms with E-state index in [0.717, 1.165) is 4.31 Å². The molecule has 1 N–H and O–H groups in total. The average Bonchev–Trinajstić information content (AvgIpc) is 2.59. The highest BCUT2D eigenvalue weighted by molar-refractivity contribution is 7.89. The molecule has 1 amide bonds. The van der Waals surface area contributed by atoms with Gasteiger partial charge in [0.1, 0.15) is 5.75 Å². The van der Waals surface area contributed by atoms with Crippen LogP contribution < -0.4 is 10.1 Å². The molecule has 0 aliphatic rings. The largest absolute Gasteiger partial charge is 0.479 e. The van der Waals surface area contributed by atoms with Gasteiger partial charge in [0, 0.05) is 25.8 Å². The molecule has 0 saturated carbocycles. The summed E-state index contributed by atoms with van der Waals surface area (Å²) in [6.45, 7) is 1.52. The fourth-order valence-corrected chi connectivity index (χ4v) is 3.56. The predicted molar refractivity (Wildman–Crippen MR) is 108 cm³/mol. The Kier molecular flexibility index (Phi) is 6.99. The Morgan fingerprint density at radius 2 is 1.70 bits per heavy atom. The summed E-state index contributed by atoms with van der Waals surface area (Å²) in [6.07, 6.45) is -0.922. The normalized spacial score (nSPS) is 12.7. The van der Waals surface area contributed by atoms with Crippen molar-refractivity contribution in [1.29, 1.82) is 0 Å². The number of halogens is 3. The van der Waals surface area contributed by atoms with Crippen molar-refractivity contribution < 1.29 is 17.9 Å². The van der Waals surface area contributed by atoms with Gasteiger partial charge in [-0.15, -0.1) is 0 Å². The van der Waals surface area contributed by atoms with Crippen LogP contribution in [0, 0.1) is 0 Å². The zero-order valence-corrected chi connectivity index (χ0v) is 17.7. The molecule has 2 aromatic rings. The summed E-state index contributed by atoms with van der Waals surface area (Å²) < 4.78 is 31.0. The van der Waals surface area contributed by atoms with Gasteiger partial charge >= 0.3 is 0 Å². The fourth-order valence-electron chi connectivity index (χ4n) is 2.03. The van der Waals surface area contributed by atoms with E-state index in [1.807, 2.05) is 0 Å². The van der Waals surface area contributed by atoms with Crippen LogP contribution in [0.1, 0.15) is 6.92 Å². The zero-order chi connectivity index (χ0) is 20.4. The lowest BCUT2D eigenvalue weighted by Crippen LogP contribution is -2.30. The number of rotatable bonds is 6. The van der Waals surface area contributed by atoms with Gasteiger partial charge in [-0.1, -0.05) is 40.9 Å². The lowest BCUT2D eigenvalue weighted by atomic mass is 10.3. The van der Waals surface area contributed by atoms with Gasteiger partial charge in [0.25, 0.3) is 5.91 Å². The smallest absolute Gasteiger partial charge is 0.265 e. The lowest BCUT2D eigenvalue weighted by molar-refractivity contribution is -0.122. The van der Waals surface area contributed by atoms with Crippen molar-refractivity contribution in [2.24, 2.45) is 0 Å². The zero-order valence-electron chi connectivity index (χ0n) is 14.7. The van der Waals surface area contributed by atoms with Crippen LogP contribution in [0.3, 0.4) is 0 Å². The van der Waals surface area contributed by atoms with Gasteiger partial charge in [0.05, 0.1) is 20.0 Å². The molecule has 1 atom stereocenters. The van der Waals surface area contributed by atoms with Crippen molar-refractivity contribution >= 4 is 56.4 Å². The third kappa shape index (κ3) is 5.27. The Balaban J connectivity index is 2.15. The first-order valence-electron chi connectivity index (χ1n) is 7.67. The summed E-state index contributed by atoms with van der Waals surface area (Å²) in [7, 11) is -0.756. The summed E-state index contributed by atoms with van der Waals surface area (Å²) >= 11 is 17.8. The number of hydrogen-bond donors (Lipinski definition) is 1. The van der Waals surface area contributed by atoms with Crippen LogP contribution >= 0.6 is 34.8 Å². The molecule has 0 aliphatic heterocycles. The van der Waals surface area contributed by atoms with E-state index in [-0.39, 0.29) is 25.7 Å². The number of nitrogens with zero attached hydrogens (tertiary/aromatic N) is 1. The highest BCUT2D eigenvalue weighted by Crippen LogP contribution is 2.34. The fraction of sp³-hybridized carbons (Fsp3) is 0.235. The third-order valence-electron chi connectivity index (χ3n) is 3.53. The molecule has 0 heterocycles. The average molecular weight is 452 g/mol. The number of anilines is 1. The standard InChI is InChI=1S/C17H17Cl3N2O4S/c1-10(26-16-9-14(19)13(18)8-15(16)20)17(23)21-11-5-4-6-12(7-11)27(24,25)22(2)3/h4-10H,1-3H3,(H,21,23). The first-order chi connectivity index (χ1) is 12.5. The van der Waals surface area contributed by atoms with Crippen molar-refractivity contribution in [3.05, 3.63) is 51.5 Å². The second kappa shape index (κ2) is 8.67. The molecule has 0 bridgehead atoms. The van der Waals surface area contributed by atoms with Gasteiger partial charge in [0.15, 0.2) is 6.10 Å². The van der Waals surface area contributed by atoms with E-state index < -0.39 is 22.0 Å². The molecule has 146 valence electrons. The quantitative estimate of drug-likeness (QED) is 0.664. The molecular weight excluding hydrogens is 435 g/mol. The number of carbonyl (C=O) groups excluding carboxylic acids is 1. The van der Waals surface area contributed by atoms with Crippen molar-refractivity contribution in [3.8, 4) is 5.75 Å². The molecule has 0 saturated heterocycles. The van der Waals surface area contributed by atoms with E-state index in [1.165, 1.54) is 51.4 Å². The maximum atomic E-state index is 12.4. The van der Waals surface area contributed by atoms with Crippen LogP contribution in [-0.2, 0) is 14.8 Å². The number of amides is 1. The molecule has 2 rings (SSSR count). The summed E-state index contributed by atoms with van der Waals surface area (Å²) in [5, 5.41) is 3.33. The predicted octanol–water partition coefficient (Wildman–Crippen LogP) is 4.30. The highest BCUT2D eigenvalue weighted by atomic mass is 35.5. The molecular formula is C17H17Cl3N2O4S. The minimum absolute atomic E-state index is 0.0615. The van der Waals surface area contributed by atoms with Gasteiger partial charge in [0.2, 0.25) is 10.0 Å². The Morgan fingerprint density at radius 1 is 1.07 bits per heavy atom. The summed E-state index contributed by atoms with van der Waals surface area (Å²) in [6, 6.07) is 8.76. The van der Waals surface area contributed by atoms with Crippen LogP contribution in [-0.4, -0.2) is 38.8 Å². The second-order valence-corrected chi connectivity index (χ2v) is 9.13. The molecule has 0 fully saturated rings. The van der Waals surface area contributed by atoms with Crippen molar-refractivity contribution in [2.75, 3.05) is 19.4 Å². The van der Waals surface area contributed by atoms with E-state index in [4.69, 9.17) is 39.5 Å². The molecule has 10 heteroatoms. The van der Waals surface area contributed by atoms with Crippen LogP contribution in [0.4, 0.5) is 5.69 Å². The molecule has 27 heavy (non-hydrogen) atoms. The van der Waals surface area contributed by atoms with Gasteiger partial charge in [-0.05, 0) is 31.2 Å². The molecule has 0 radical (unpaired) electrons. The third-order valence-corrected chi connectivity index (χ3v) is 6.36. The van der Waals surface area contributed by atoms with Crippen LogP contribution in [0.5, 0.6) is 5.75 Å². The summed E-state index contributed by atoms with van der Waals surface area (Å²) in [5.41, 5.74) is 0.318. The summed E-state index contributed by atoms with van der Waals surface area (Å²) in [5.74, 6) is -0.283. The van der Waals surface area contributed by atoms with Gasteiger partial charge < -0.3 is 10.1 Å². The first-order valence-corrected chi connectivity index (χ1v) is 10.2. The SMILES string of the molecule is CC(Oc1cc(Cl)c(Cl)cc1Cl)C(=O)Nc1cccc(S(=O)(=O)N(C)C)c1. The van der Waals surface area contributed by atoms with Crippen molar-refractivity contribution in [1.82, 2.24) is 4.31 Å². The minimum Gasteiger partial charge on any atom is -0.479 e. The lowest BCUT2D eigenvalue weighted by Gasteiger charge is -2.17. The number of ether oxygens (including phenoxy) is 1. The van der Waals surface area contributed by atoms with Crippen LogP contribution in [0.2, 0.25) is 15.1 Å². The Morgan fingerprint density at radius 3 is 2.33 bits per heavy atom. The number of sulfonamides is 1. The monoisotopic (exact) mass is 450 g/mol. The van der Waals surface area contributed by atoms with Gasteiger partial charge in [-0.3, -0.25) is 4.79 Å². The topological polar surface area (TPSA) is 75.7 Å². The molecule has 0 aliphatic carbocycles. The molecule has 6 nitrogen and oxygen atoms in total. The van der Waals surface area contributed by atoms with Crippen molar-refractivity contribution in [3.63, 3.8) is 0 Å². The number of hydrogen-bond acceptors (Lipinski definition) is 4. The molecule has 2 aromatic carbocycles. The Bertz CT molecular complexity index is 965. The highest BCUT2D eigenvalue weighted by Gasteiger charge is 2.20. The van der Waals surface area contributed by atoms with Crippen LogP contribution in [0.15, 0.2) is 41.3 Å². The molecule has 1 unspecified atom stereocenters. The Hall–Kier alpha value is -1.51. The maximum absolute atomic E-state index is 12.4. The van der Waals surface area contributed by atoms with Gasteiger partial charge in [-0.2, -0.15) is 0 Å². The Labute approximate surface area is 173 Å². The minimum atomic E-state index is -3.61. The number of nitrogens with one attached hydrogen (secondary N) is 1. The molecule has 0 spiro atoms. The summed E-state index contributed by atoms with van der Waals surface area (Å²) in [4.78, 5) is 12.4. The number of carbonyl (C=O) groups is 1. The van der Waals surface area contributed by atoms with Gasteiger partial charge in [-0.25, -0.2) is 12.7 Å². The van der Waals surface area contributed by atoms with Crippen LogP contribution in [0.25, 0.3) is 0 Å². The maximum Gasteiger partial charge on any atom is 0.265 e. The number of benzene rings is 2. The van der Waals surface area contributed by atoms with Crippen molar-refractivity contribution in [2.45, 2.75) is 17.9 Å². The second-order valence-electron chi connectivity index (χ2n) is 5.76. The van der Waals surface area contributed by atoms with E-state index in [0.29, 0.717) is 5.69 Å². The van der Waals surface area contributed by atoms with E-state index in [1.54, 1.807) is 6.07 Å². The van der Waals surface area contributed by atoms with E-state index in [9.17, 15) is 13.2 Å². The molecule has 0 aromatic heterocycles. The van der Waals surface area contributed by atoms with E-state index in [2.05, 4.69) is 5.32 Å². The first kappa shape index (κ1) is 21.8.